The number of nitrogens with zero attached hydrogens (tertiary/aromatic N) is 6. The lowest BCUT2D eigenvalue weighted by molar-refractivity contribution is 0.670. The van der Waals surface area contributed by atoms with E-state index in [9.17, 15) is 0 Å². The molecule has 0 spiro atoms. The van der Waals surface area contributed by atoms with Crippen LogP contribution in [0.25, 0.3) is 230 Å². The van der Waals surface area contributed by atoms with Gasteiger partial charge in [0.25, 0.3) is 0 Å². The van der Waals surface area contributed by atoms with E-state index in [1.165, 1.54) is 56.9 Å². The summed E-state index contributed by atoms with van der Waals surface area (Å²) in [4.78, 5) is 31.4. The average molecular weight is 1550 g/mol. The zero-order valence-corrected chi connectivity index (χ0v) is 65.8. The summed E-state index contributed by atoms with van der Waals surface area (Å²) < 4.78 is 11.4. The number of hydrogen-bond acceptors (Lipinski definition) is 9. The molecule has 0 fully saturated rings. The highest BCUT2D eigenvalue weighted by molar-refractivity contribution is 7.27. The molecule has 0 saturated heterocycles. The first kappa shape index (κ1) is 70.4. The second kappa shape index (κ2) is 30.2. The van der Waals surface area contributed by atoms with E-state index in [2.05, 4.69) is 382 Å². The fourth-order valence-corrected chi connectivity index (χ4v) is 19.1. The summed E-state index contributed by atoms with van der Waals surface area (Å²) in [7, 11) is 0. The van der Waals surface area contributed by atoms with Crippen molar-refractivity contribution in [3.63, 3.8) is 0 Å². The molecule has 0 radical (unpaired) electrons. The number of hydrogen-bond donors (Lipinski definition) is 0. The van der Waals surface area contributed by atoms with Gasteiger partial charge in [-0.25, -0.2) is 29.9 Å². The van der Waals surface area contributed by atoms with Crippen molar-refractivity contribution >= 4 is 107 Å². The van der Waals surface area contributed by atoms with Crippen LogP contribution in [0, 0.1) is 0 Å². The normalized spacial score (nSPS) is 11.5. The summed E-state index contributed by atoms with van der Waals surface area (Å²) in [5.74, 6) is 1.36. The van der Waals surface area contributed by atoms with Crippen LogP contribution in [0.5, 0.6) is 0 Å². The first-order chi connectivity index (χ1) is 58.9. The fraction of sp³-hybridized carbons (Fsp3) is 0. The maximum atomic E-state index is 6.37. The topological polar surface area (TPSA) is 90.5 Å². The van der Waals surface area contributed by atoms with Crippen molar-refractivity contribution in [1.82, 2.24) is 29.9 Å². The Labute approximate surface area is 694 Å². The van der Waals surface area contributed by atoms with Gasteiger partial charge >= 0.3 is 0 Å². The highest BCUT2D eigenvalue weighted by atomic mass is 32.1. The summed E-state index contributed by atoms with van der Waals surface area (Å²) >= 11 is 3.64. The number of fused-ring (bicyclic) bond motifs is 13. The number of para-hydroxylation sites is 2. The Hall–Kier alpha value is -15.3. The van der Waals surface area contributed by atoms with Crippen LogP contribution >= 0.6 is 22.7 Å². The third kappa shape index (κ3) is 13.3. The molecule has 0 bridgehead atoms. The van der Waals surface area contributed by atoms with Crippen LogP contribution < -0.4 is 0 Å². The minimum absolute atomic E-state index is 0.668. The molecule has 0 unspecified atom stereocenters. The van der Waals surface area contributed by atoms with Gasteiger partial charge in [-0.1, -0.05) is 352 Å². The van der Waals surface area contributed by atoms with E-state index in [0.29, 0.717) is 11.6 Å². The molecule has 9 heteroatoms. The van der Waals surface area contributed by atoms with Gasteiger partial charge in [-0.2, -0.15) is 0 Å². The van der Waals surface area contributed by atoms with Crippen LogP contribution in [0.15, 0.2) is 417 Å². The van der Waals surface area contributed by atoms with Crippen LogP contribution in [0.1, 0.15) is 0 Å². The van der Waals surface area contributed by atoms with Gasteiger partial charge < -0.3 is 4.42 Å². The zero-order chi connectivity index (χ0) is 78.7. The minimum atomic E-state index is 0.668. The van der Waals surface area contributed by atoms with Crippen molar-refractivity contribution in [2.75, 3.05) is 0 Å². The molecular weight excluding hydrogens is 1490 g/mol. The lowest BCUT2D eigenvalue weighted by Crippen LogP contribution is -1.96. The largest absolute Gasteiger partial charge is 0.455 e. The number of pyridine rings is 2. The quantitative estimate of drug-likeness (QED) is 0.114. The minimum Gasteiger partial charge on any atom is -0.455 e. The molecule has 23 rings (SSSR count). The summed E-state index contributed by atoms with van der Waals surface area (Å²) in [5.41, 5.74) is 28.7. The lowest BCUT2D eigenvalue weighted by Gasteiger charge is -2.12. The Bertz CT molecular complexity index is 7820. The van der Waals surface area contributed by atoms with Gasteiger partial charge in [0, 0.05) is 103 Å². The standard InChI is InChI=1S/C55H33N3OS.C55H35N3S/c1-3-13-35(14-4-1)46-33-47(36-27-25-34(26-28-36)41-21-12-22-43-42-19-7-9-23-49(42)59-53(41)43)58-55(57-46)40-18-11-17-38(31-40)39-29-30-44-48(32-39)56-52(37-15-5-2-6-16-37)54-51(44)45-20-8-10-24-50(45)60-54;1-4-14-36(15-5-1)37-26-28-39(29-27-37)49-35-48(38-16-6-2-7-17-38)57-55(58-49)45-23-13-22-43(33-45)41-20-12-21-42(32-41)44-30-31-46-50(34-44)56-53(40-18-8-3-9-19-40)54-52(46)47-24-10-11-25-51(47)59-54/h1-33H;1-35H. The molecule has 7 nitrogen and oxygen atoms in total. The second-order valence-electron chi connectivity index (χ2n) is 29.9. The molecule has 0 aliphatic heterocycles. The Morgan fingerprint density at radius 3 is 0.958 bits per heavy atom. The number of rotatable bonds is 13. The molecule has 0 aliphatic carbocycles. The van der Waals surface area contributed by atoms with Crippen molar-refractivity contribution in [2.24, 2.45) is 0 Å². The van der Waals surface area contributed by atoms with Crippen LogP contribution in [-0.2, 0) is 0 Å². The lowest BCUT2D eigenvalue weighted by atomic mass is 9.96. The van der Waals surface area contributed by atoms with Crippen molar-refractivity contribution in [3.05, 3.63) is 413 Å². The summed E-state index contributed by atoms with van der Waals surface area (Å²) in [6.45, 7) is 0. The number of thiophene rings is 2. The van der Waals surface area contributed by atoms with Crippen molar-refractivity contribution in [2.45, 2.75) is 0 Å². The molecule has 7 heterocycles. The maximum Gasteiger partial charge on any atom is 0.160 e. The van der Waals surface area contributed by atoms with Crippen molar-refractivity contribution in [1.29, 1.82) is 0 Å². The number of furan rings is 1. The highest BCUT2D eigenvalue weighted by Crippen LogP contribution is 2.47. The number of benzene rings is 16. The third-order valence-electron chi connectivity index (χ3n) is 22.6. The Balaban J connectivity index is 0.000000143. The Morgan fingerprint density at radius 1 is 0.193 bits per heavy atom. The Morgan fingerprint density at radius 2 is 0.504 bits per heavy atom. The van der Waals surface area contributed by atoms with Gasteiger partial charge in [0.1, 0.15) is 11.2 Å². The van der Waals surface area contributed by atoms with E-state index in [0.717, 1.165) is 162 Å². The van der Waals surface area contributed by atoms with Crippen molar-refractivity contribution in [3.8, 4) is 146 Å². The van der Waals surface area contributed by atoms with E-state index in [4.69, 9.17) is 34.3 Å². The maximum absolute atomic E-state index is 6.37. The molecule has 0 N–H and O–H groups in total. The van der Waals surface area contributed by atoms with Crippen LogP contribution in [-0.4, -0.2) is 29.9 Å². The SMILES string of the molecule is c1ccc(-c2cc(-c3ccc(-c4cccc5c4oc4ccccc45)cc3)nc(-c3cccc(-c4ccc5c(c4)nc(-c4ccccc4)c4sc6ccccc6c45)c3)n2)cc1.c1ccc(-c2ccc(-c3cc(-c4ccccc4)nc(-c4cccc(-c5cccc(-c6ccc7c(c6)nc(-c6ccccc6)c6sc8ccccc8c67)c5)c4)n3)cc2)cc1. The predicted octanol–water partition coefficient (Wildman–Crippen LogP) is 30.4. The third-order valence-corrected chi connectivity index (χ3v) is 24.9. The molecule has 0 aliphatic rings. The monoisotopic (exact) mass is 1550 g/mol. The molecular formula is C110H68N6OS2. The van der Waals surface area contributed by atoms with Crippen LogP contribution in [0.4, 0.5) is 0 Å². The van der Waals surface area contributed by atoms with Gasteiger partial charge in [-0.15, -0.1) is 22.7 Å². The predicted molar refractivity (Wildman–Crippen MR) is 498 cm³/mol. The molecule has 7 aromatic heterocycles. The van der Waals surface area contributed by atoms with Gasteiger partial charge in [-0.3, -0.25) is 0 Å². The Kier molecular flexibility index (Phi) is 17.8. The first-order valence-corrected chi connectivity index (χ1v) is 41.6. The smallest absolute Gasteiger partial charge is 0.160 e. The average Bonchev–Trinajstić information content (AvgIpc) is 1.60. The molecule has 23 aromatic rings. The number of aromatic nitrogens is 6. The van der Waals surface area contributed by atoms with E-state index >= 15 is 0 Å². The van der Waals surface area contributed by atoms with E-state index in [1.807, 2.05) is 53.0 Å². The molecule has 0 amide bonds. The van der Waals surface area contributed by atoms with Crippen LogP contribution in [0.2, 0.25) is 0 Å². The zero-order valence-electron chi connectivity index (χ0n) is 64.2. The van der Waals surface area contributed by atoms with E-state index < -0.39 is 0 Å². The van der Waals surface area contributed by atoms with Gasteiger partial charge in [-0.05, 0) is 111 Å². The fourth-order valence-electron chi connectivity index (χ4n) is 16.7. The van der Waals surface area contributed by atoms with E-state index in [1.54, 1.807) is 0 Å². The molecule has 0 saturated carbocycles. The molecule has 16 aromatic carbocycles. The summed E-state index contributed by atoms with van der Waals surface area (Å²) in [6.07, 6.45) is 0. The van der Waals surface area contributed by atoms with Gasteiger partial charge in [0.15, 0.2) is 11.6 Å². The summed E-state index contributed by atoms with van der Waals surface area (Å²) in [5, 5.41) is 9.65. The molecule has 556 valence electrons. The molecule has 0 atom stereocenters. The molecule has 119 heavy (non-hydrogen) atoms. The first-order valence-electron chi connectivity index (χ1n) is 39.9. The summed E-state index contributed by atoms with van der Waals surface area (Å²) in [6, 6.07) is 145. The highest BCUT2D eigenvalue weighted by Gasteiger charge is 2.22. The van der Waals surface area contributed by atoms with Gasteiger partial charge in [0.05, 0.1) is 54.6 Å². The second-order valence-corrected chi connectivity index (χ2v) is 32.0. The van der Waals surface area contributed by atoms with Crippen molar-refractivity contribution < 1.29 is 4.42 Å². The van der Waals surface area contributed by atoms with E-state index in [-0.39, 0.29) is 0 Å². The van der Waals surface area contributed by atoms with Gasteiger partial charge in [0.2, 0.25) is 0 Å². The van der Waals surface area contributed by atoms with Crippen LogP contribution in [0.3, 0.4) is 0 Å².